The summed E-state index contributed by atoms with van der Waals surface area (Å²) in [7, 11) is 1.69. The molecule has 1 aliphatic carbocycles. The molecule has 1 heterocycles. The Hall–Kier alpha value is -0.940. The zero-order valence-electron chi connectivity index (χ0n) is 12.4. The molecule has 1 aliphatic rings. The van der Waals surface area contributed by atoms with Crippen molar-refractivity contribution in [2.45, 2.75) is 64.0 Å². The van der Waals surface area contributed by atoms with Gasteiger partial charge in [0.15, 0.2) is 0 Å². The molecule has 5 heteroatoms. The van der Waals surface area contributed by atoms with Gasteiger partial charge in [-0.3, -0.25) is 0 Å². The molecule has 2 rings (SSSR count). The summed E-state index contributed by atoms with van der Waals surface area (Å²) >= 11 is 0. The highest BCUT2D eigenvalue weighted by Crippen LogP contribution is 2.35. The zero-order valence-corrected chi connectivity index (χ0v) is 12.4. The summed E-state index contributed by atoms with van der Waals surface area (Å²) in [6.07, 6.45) is 4.35. The summed E-state index contributed by atoms with van der Waals surface area (Å²) in [6, 6.07) is 0.466. The summed E-state index contributed by atoms with van der Waals surface area (Å²) in [6.45, 7) is 7.18. The molecule has 5 nitrogen and oxygen atoms in total. The quantitative estimate of drug-likeness (QED) is 0.858. The number of rotatable bonds is 6. The van der Waals surface area contributed by atoms with E-state index in [1.165, 1.54) is 12.8 Å². The van der Waals surface area contributed by atoms with Crippen LogP contribution in [0.3, 0.4) is 0 Å². The van der Waals surface area contributed by atoms with Crippen molar-refractivity contribution in [2.24, 2.45) is 0 Å². The number of likely N-dealkylation sites (N-methyl/N-ethyl adjacent to an activating group) is 1. The van der Waals surface area contributed by atoms with Gasteiger partial charge in [0.05, 0.1) is 5.92 Å². The lowest BCUT2D eigenvalue weighted by atomic mass is 10.0. The van der Waals surface area contributed by atoms with Gasteiger partial charge in [-0.05, 0) is 32.7 Å². The maximum atomic E-state index is 5.52. The molecular weight excluding hydrogens is 242 g/mol. The molecule has 3 atom stereocenters. The van der Waals surface area contributed by atoms with E-state index in [2.05, 4.69) is 29.3 Å². The fourth-order valence-electron chi connectivity index (χ4n) is 2.76. The summed E-state index contributed by atoms with van der Waals surface area (Å²) in [5.74, 6) is 1.77. The minimum Gasteiger partial charge on any atom is -0.370 e. The third-order valence-corrected chi connectivity index (χ3v) is 4.34. The Bertz CT molecular complexity index is 401. The van der Waals surface area contributed by atoms with Crippen molar-refractivity contribution < 1.29 is 9.26 Å². The number of hydrogen-bond acceptors (Lipinski definition) is 5. The lowest BCUT2D eigenvalue weighted by Crippen LogP contribution is -2.31. The van der Waals surface area contributed by atoms with E-state index in [1.807, 2.05) is 6.92 Å². The molecule has 1 fully saturated rings. The number of hydrogen-bond donors (Lipinski definition) is 1. The highest BCUT2D eigenvalue weighted by molar-refractivity contribution is 5.06. The van der Waals surface area contributed by atoms with Crippen LogP contribution in [0, 0.1) is 0 Å². The number of nitrogens with zero attached hydrogens (tertiary/aromatic N) is 2. The molecule has 1 saturated carbocycles. The molecule has 0 bridgehead atoms. The van der Waals surface area contributed by atoms with Gasteiger partial charge in [-0.25, -0.2) is 0 Å². The molecule has 1 N–H and O–H groups in total. The predicted octanol–water partition coefficient (Wildman–Crippen LogP) is 2.59. The average Bonchev–Trinajstić information content (AvgIpc) is 3.06. The first-order chi connectivity index (χ1) is 9.14. The van der Waals surface area contributed by atoms with Gasteiger partial charge < -0.3 is 14.6 Å². The normalized spacial score (nSPS) is 26.5. The van der Waals surface area contributed by atoms with Crippen molar-refractivity contribution >= 4 is 0 Å². The summed E-state index contributed by atoms with van der Waals surface area (Å²) in [5.41, 5.74) is -0.450. The molecule has 0 radical (unpaired) electrons. The van der Waals surface area contributed by atoms with Gasteiger partial charge in [0.25, 0.3) is 0 Å². The topological polar surface area (TPSA) is 60.2 Å². The van der Waals surface area contributed by atoms with E-state index in [0.29, 0.717) is 17.8 Å². The monoisotopic (exact) mass is 267 g/mol. The molecular formula is C14H25N3O2. The van der Waals surface area contributed by atoms with Crippen LogP contribution in [0.4, 0.5) is 0 Å². The van der Waals surface area contributed by atoms with Crippen LogP contribution >= 0.6 is 0 Å². The van der Waals surface area contributed by atoms with E-state index >= 15 is 0 Å². The van der Waals surface area contributed by atoms with Crippen molar-refractivity contribution in [2.75, 3.05) is 13.7 Å². The SMILES string of the molecule is CCNC1CCCC1c1nc(C(C)(CC)OC)no1. The Morgan fingerprint density at radius 1 is 1.42 bits per heavy atom. The molecule has 1 aromatic heterocycles. The third kappa shape index (κ3) is 2.82. The Morgan fingerprint density at radius 2 is 2.21 bits per heavy atom. The van der Waals surface area contributed by atoms with Crippen LogP contribution in [0.5, 0.6) is 0 Å². The van der Waals surface area contributed by atoms with Gasteiger partial charge in [0.2, 0.25) is 11.7 Å². The van der Waals surface area contributed by atoms with Crippen molar-refractivity contribution in [3.63, 3.8) is 0 Å². The smallest absolute Gasteiger partial charge is 0.231 e. The minimum atomic E-state index is -0.450. The Kier molecular flexibility index (Phi) is 4.58. The second-order valence-corrected chi connectivity index (χ2v) is 5.45. The highest BCUT2D eigenvalue weighted by Gasteiger charge is 2.35. The van der Waals surface area contributed by atoms with Crippen LogP contribution in [0.2, 0.25) is 0 Å². The first kappa shape index (κ1) is 14.5. The summed E-state index contributed by atoms with van der Waals surface area (Å²) in [5, 5.41) is 7.64. The van der Waals surface area contributed by atoms with Gasteiger partial charge >= 0.3 is 0 Å². The van der Waals surface area contributed by atoms with E-state index in [9.17, 15) is 0 Å². The summed E-state index contributed by atoms with van der Waals surface area (Å²) < 4.78 is 11.0. The summed E-state index contributed by atoms with van der Waals surface area (Å²) in [4.78, 5) is 4.60. The Morgan fingerprint density at radius 3 is 2.84 bits per heavy atom. The van der Waals surface area contributed by atoms with Crippen molar-refractivity contribution in [1.29, 1.82) is 0 Å². The standard InChI is InChI=1S/C14H25N3O2/c1-5-14(3,18-4)13-16-12(19-17-13)10-8-7-9-11(10)15-6-2/h10-11,15H,5-9H2,1-4H3. The van der Waals surface area contributed by atoms with Gasteiger partial charge in [0, 0.05) is 13.2 Å². The maximum Gasteiger partial charge on any atom is 0.231 e. The Labute approximate surface area is 115 Å². The van der Waals surface area contributed by atoms with Crippen molar-refractivity contribution in [3.05, 3.63) is 11.7 Å². The van der Waals surface area contributed by atoms with Gasteiger partial charge in [0.1, 0.15) is 5.60 Å². The molecule has 0 spiro atoms. The van der Waals surface area contributed by atoms with Crippen molar-refractivity contribution in [1.82, 2.24) is 15.5 Å². The first-order valence-electron chi connectivity index (χ1n) is 7.27. The predicted molar refractivity (Wildman–Crippen MR) is 73.0 cm³/mol. The first-order valence-corrected chi connectivity index (χ1v) is 7.27. The Balaban J connectivity index is 2.16. The molecule has 1 aromatic rings. The van der Waals surface area contributed by atoms with E-state index in [4.69, 9.17) is 9.26 Å². The lowest BCUT2D eigenvalue weighted by molar-refractivity contribution is -0.0106. The molecule has 0 amide bonds. The van der Waals surface area contributed by atoms with Gasteiger partial charge in [-0.1, -0.05) is 25.4 Å². The van der Waals surface area contributed by atoms with Crippen LogP contribution in [0.15, 0.2) is 4.52 Å². The molecule has 0 aliphatic heterocycles. The largest absolute Gasteiger partial charge is 0.370 e. The van der Waals surface area contributed by atoms with Gasteiger partial charge in [-0.15, -0.1) is 0 Å². The minimum absolute atomic E-state index is 0.346. The number of nitrogens with one attached hydrogen (secondary N) is 1. The fraction of sp³-hybridized carbons (Fsp3) is 0.857. The maximum absolute atomic E-state index is 5.52. The van der Waals surface area contributed by atoms with Crippen LogP contribution in [-0.2, 0) is 10.3 Å². The second kappa shape index (κ2) is 6.01. The fourth-order valence-corrected chi connectivity index (χ4v) is 2.76. The van der Waals surface area contributed by atoms with E-state index in [1.54, 1.807) is 7.11 Å². The van der Waals surface area contributed by atoms with Crippen molar-refractivity contribution in [3.8, 4) is 0 Å². The highest BCUT2D eigenvalue weighted by atomic mass is 16.5. The van der Waals surface area contributed by atoms with Crippen LogP contribution in [0.1, 0.15) is 64.1 Å². The third-order valence-electron chi connectivity index (χ3n) is 4.34. The van der Waals surface area contributed by atoms with E-state index in [0.717, 1.165) is 25.3 Å². The average molecular weight is 267 g/mol. The molecule has 19 heavy (non-hydrogen) atoms. The number of aromatic nitrogens is 2. The number of ether oxygens (including phenoxy) is 1. The molecule has 3 unspecified atom stereocenters. The van der Waals surface area contributed by atoms with Crippen LogP contribution in [0.25, 0.3) is 0 Å². The second-order valence-electron chi connectivity index (χ2n) is 5.45. The number of methoxy groups -OCH3 is 1. The molecule has 0 saturated heterocycles. The molecule has 0 aromatic carbocycles. The van der Waals surface area contributed by atoms with Crippen LogP contribution < -0.4 is 5.32 Å². The lowest BCUT2D eigenvalue weighted by Gasteiger charge is -2.22. The molecule has 108 valence electrons. The zero-order chi connectivity index (χ0) is 13.9. The van der Waals surface area contributed by atoms with Crippen LogP contribution in [-0.4, -0.2) is 29.8 Å². The van der Waals surface area contributed by atoms with E-state index in [-0.39, 0.29) is 0 Å². The van der Waals surface area contributed by atoms with Gasteiger partial charge in [-0.2, -0.15) is 4.98 Å². The van der Waals surface area contributed by atoms with E-state index < -0.39 is 5.60 Å².